The number of aromatic nitrogens is 2. The number of carbonyl (C=O) groups is 1. The van der Waals surface area contributed by atoms with E-state index in [4.69, 9.17) is 4.98 Å². The smallest absolute Gasteiger partial charge is 0.294 e. The van der Waals surface area contributed by atoms with Crippen molar-refractivity contribution in [1.29, 1.82) is 0 Å². The molecule has 1 N–H and O–H groups in total. The van der Waals surface area contributed by atoms with Gasteiger partial charge in [0.1, 0.15) is 0 Å². The number of carbonyl (C=O) groups excluding carboxylic acids is 1. The number of nitrogens with one attached hydrogen (secondary N) is 1. The maximum Gasteiger partial charge on any atom is 0.294 e. The number of piperidine rings is 1. The predicted molar refractivity (Wildman–Crippen MR) is 149 cm³/mol. The van der Waals surface area contributed by atoms with Crippen molar-refractivity contribution in [3.8, 4) is 0 Å². The molecule has 4 aromatic rings. The van der Waals surface area contributed by atoms with E-state index in [1.807, 2.05) is 90.6 Å². The fourth-order valence-electron chi connectivity index (χ4n) is 4.94. The summed E-state index contributed by atoms with van der Waals surface area (Å²) in [6.07, 6.45) is 1.63. The fraction of sp³-hybridized carbons (Fsp3) is 0.300. The molecule has 1 fully saturated rings. The number of fused-ring (bicyclic) bond motifs is 1. The lowest BCUT2D eigenvalue weighted by Gasteiger charge is -2.33. The first-order valence-corrected chi connectivity index (χ1v) is 12.8. The SMILES string of the molecule is CN(C)c1ccc(CNC(=O)C2CCCN(c3nc4ccccc4n(Cc4ccccc4)c3=O)C2)cc1. The molecule has 5 rings (SSSR count). The summed E-state index contributed by atoms with van der Waals surface area (Å²) in [5.74, 6) is 0.253. The first-order valence-electron chi connectivity index (χ1n) is 12.8. The van der Waals surface area contributed by atoms with Crippen LogP contribution in [0.15, 0.2) is 83.7 Å². The van der Waals surface area contributed by atoms with Gasteiger partial charge in [0.15, 0.2) is 5.82 Å². The highest BCUT2D eigenvalue weighted by Gasteiger charge is 2.28. The minimum atomic E-state index is -0.190. The summed E-state index contributed by atoms with van der Waals surface area (Å²) in [4.78, 5) is 35.6. The second kappa shape index (κ2) is 10.9. The zero-order valence-corrected chi connectivity index (χ0v) is 21.4. The van der Waals surface area contributed by atoms with Crippen LogP contribution in [0.5, 0.6) is 0 Å². The molecule has 3 aromatic carbocycles. The third-order valence-corrected chi connectivity index (χ3v) is 7.03. The van der Waals surface area contributed by atoms with Crippen molar-refractivity contribution in [2.45, 2.75) is 25.9 Å². The topological polar surface area (TPSA) is 70.5 Å². The van der Waals surface area contributed by atoms with Gasteiger partial charge in [-0.1, -0.05) is 54.6 Å². The average molecular weight is 496 g/mol. The summed E-state index contributed by atoms with van der Waals surface area (Å²) >= 11 is 0. The maximum atomic E-state index is 13.7. The number of hydrogen-bond donors (Lipinski definition) is 1. The van der Waals surface area contributed by atoms with Gasteiger partial charge in [0.05, 0.1) is 23.5 Å². The van der Waals surface area contributed by atoms with Crippen LogP contribution in [0.25, 0.3) is 11.0 Å². The molecule has 1 atom stereocenters. The average Bonchev–Trinajstić information content (AvgIpc) is 2.94. The Balaban J connectivity index is 1.34. The molecule has 0 saturated carbocycles. The van der Waals surface area contributed by atoms with Crippen molar-refractivity contribution in [3.63, 3.8) is 0 Å². The van der Waals surface area contributed by atoms with Gasteiger partial charge in [-0.15, -0.1) is 0 Å². The Morgan fingerprint density at radius 2 is 1.70 bits per heavy atom. The molecule has 1 aliphatic heterocycles. The molecule has 37 heavy (non-hydrogen) atoms. The lowest BCUT2D eigenvalue weighted by molar-refractivity contribution is -0.125. The van der Waals surface area contributed by atoms with E-state index in [9.17, 15) is 9.59 Å². The summed E-state index contributed by atoms with van der Waals surface area (Å²) in [5, 5.41) is 3.09. The van der Waals surface area contributed by atoms with Crippen LogP contribution in [0.4, 0.5) is 11.5 Å². The van der Waals surface area contributed by atoms with Gasteiger partial charge in [-0.05, 0) is 48.2 Å². The zero-order valence-electron chi connectivity index (χ0n) is 21.4. The maximum absolute atomic E-state index is 13.7. The number of nitrogens with zero attached hydrogens (tertiary/aromatic N) is 4. The highest BCUT2D eigenvalue weighted by atomic mass is 16.2. The third kappa shape index (κ3) is 5.50. The highest BCUT2D eigenvalue weighted by Crippen LogP contribution is 2.23. The van der Waals surface area contributed by atoms with Gasteiger partial charge in [0.2, 0.25) is 5.91 Å². The third-order valence-electron chi connectivity index (χ3n) is 7.03. The molecule has 2 heterocycles. The minimum absolute atomic E-state index is 0.0202. The van der Waals surface area contributed by atoms with Crippen LogP contribution < -0.4 is 20.7 Å². The van der Waals surface area contributed by atoms with Crippen LogP contribution in [-0.4, -0.2) is 42.6 Å². The monoisotopic (exact) mass is 495 g/mol. The molecule has 190 valence electrons. The van der Waals surface area contributed by atoms with E-state index in [2.05, 4.69) is 17.4 Å². The number of anilines is 2. The van der Waals surface area contributed by atoms with Gasteiger partial charge >= 0.3 is 0 Å². The van der Waals surface area contributed by atoms with Crippen LogP contribution in [-0.2, 0) is 17.9 Å². The van der Waals surface area contributed by atoms with Crippen molar-refractivity contribution < 1.29 is 4.79 Å². The summed E-state index contributed by atoms with van der Waals surface area (Å²) < 4.78 is 1.80. The summed E-state index contributed by atoms with van der Waals surface area (Å²) in [6, 6.07) is 25.9. The van der Waals surface area contributed by atoms with E-state index in [1.165, 1.54) is 0 Å². The summed E-state index contributed by atoms with van der Waals surface area (Å²) in [7, 11) is 4.01. The van der Waals surface area contributed by atoms with Gasteiger partial charge in [0.25, 0.3) is 5.56 Å². The van der Waals surface area contributed by atoms with Crippen LogP contribution in [0, 0.1) is 5.92 Å². The standard InChI is InChI=1S/C30H33N5O2/c1-33(2)25-16-14-22(15-17-25)19-31-29(36)24-11-8-18-34(21-24)28-30(37)35(20-23-9-4-3-5-10-23)27-13-7-6-12-26(27)32-28/h3-7,9-10,12-17,24H,8,11,18-21H2,1-2H3,(H,31,36). The van der Waals surface area contributed by atoms with Gasteiger partial charge in [-0.3, -0.25) is 14.2 Å². The van der Waals surface area contributed by atoms with E-state index >= 15 is 0 Å². The van der Waals surface area contributed by atoms with E-state index in [1.54, 1.807) is 4.57 Å². The molecule has 1 unspecified atom stereocenters. The molecular weight excluding hydrogens is 462 g/mol. The quantitative estimate of drug-likeness (QED) is 0.419. The van der Waals surface area contributed by atoms with Crippen LogP contribution in [0.1, 0.15) is 24.0 Å². The van der Waals surface area contributed by atoms with Crippen molar-refractivity contribution in [2.75, 3.05) is 37.0 Å². The van der Waals surface area contributed by atoms with E-state index in [0.717, 1.165) is 40.7 Å². The van der Waals surface area contributed by atoms with Gasteiger partial charge in [-0.25, -0.2) is 4.98 Å². The Labute approximate surface area is 217 Å². The van der Waals surface area contributed by atoms with Crippen LogP contribution >= 0.6 is 0 Å². The van der Waals surface area contributed by atoms with Gasteiger partial charge in [0, 0.05) is 39.4 Å². The largest absolute Gasteiger partial charge is 0.378 e. The van der Waals surface area contributed by atoms with Crippen molar-refractivity contribution in [1.82, 2.24) is 14.9 Å². The number of rotatable bonds is 7. The molecule has 1 amide bonds. The van der Waals surface area contributed by atoms with Crippen molar-refractivity contribution >= 4 is 28.4 Å². The first kappa shape index (κ1) is 24.6. The predicted octanol–water partition coefficient (Wildman–Crippen LogP) is 4.04. The second-order valence-electron chi connectivity index (χ2n) is 9.86. The molecular formula is C30H33N5O2. The molecule has 1 saturated heterocycles. The van der Waals surface area contributed by atoms with Gasteiger partial charge in [-0.2, -0.15) is 0 Å². The van der Waals surface area contributed by atoms with E-state index < -0.39 is 0 Å². The Morgan fingerprint density at radius 1 is 0.973 bits per heavy atom. The first-order chi connectivity index (χ1) is 18.0. The summed E-state index contributed by atoms with van der Waals surface area (Å²) in [6.45, 7) is 2.15. The van der Waals surface area contributed by atoms with Crippen molar-refractivity contribution in [3.05, 3.63) is 100 Å². The molecule has 7 heteroatoms. The lowest BCUT2D eigenvalue weighted by atomic mass is 9.97. The van der Waals surface area contributed by atoms with Crippen molar-refractivity contribution in [2.24, 2.45) is 5.92 Å². The highest BCUT2D eigenvalue weighted by molar-refractivity contribution is 5.80. The second-order valence-corrected chi connectivity index (χ2v) is 9.86. The molecule has 0 aliphatic carbocycles. The van der Waals surface area contributed by atoms with E-state index in [0.29, 0.717) is 32.0 Å². The molecule has 0 bridgehead atoms. The van der Waals surface area contributed by atoms with Crippen LogP contribution in [0.2, 0.25) is 0 Å². The van der Waals surface area contributed by atoms with E-state index in [-0.39, 0.29) is 17.4 Å². The number of para-hydroxylation sites is 2. The summed E-state index contributed by atoms with van der Waals surface area (Å²) in [5.41, 5.74) is 4.71. The lowest BCUT2D eigenvalue weighted by Crippen LogP contribution is -2.45. The van der Waals surface area contributed by atoms with Crippen LogP contribution in [0.3, 0.4) is 0 Å². The zero-order chi connectivity index (χ0) is 25.8. The number of benzene rings is 3. The Bertz CT molecular complexity index is 1430. The Hall–Kier alpha value is -4.13. The number of amides is 1. The normalized spacial score (nSPS) is 15.5. The molecule has 0 radical (unpaired) electrons. The van der Waals surface area contributed by atoms with Gasteiger partial charge < -0.3 is 15.1 Å². The Morgan fingerprint density at radius 3 is 2.46 bits per heavy atom. The molecule has 1 aliphatic rings. The molecule has 0 spiro atoms. The Kier molecular flexibility index (Phi) is 7.21. The number of hydrogen-bond acceptors (Lipinski definition) is 5. The molecule has 7 nitrogen and oxygen atoms in total. The fourth-order valence-corrected chi connectivity index (χ4v) is 4.94. The minimum Gasteiger partial charge on any atom is -0.378 e. The molecule has 1 aromatic heterocycles.